The number of hydrogen-bond acceptors (Lipinski definition) is 4. The van der Waals surface area contributed by atoms with Gasteiger partial charge in [-0.15, -0.1) is 0 Å². The second-order valence-corrected chi connectivity index (χ2v) is 7.78. The van der Waals surface area contributed by atoms with Crippen LogP contribution < -0.4 is 10.1 Å². The van der Waals surface area contributed by atoms with Gasteiger partial charge in [-0.1, -0.05) is 29.4 Å². The Labute approximate surface area is 152 Å². The van der Waals surface area contributed by atoms with Gasteiger partial charge < -0.3 is 10.1 Å². The lowest BCUT2D eigenvalue weighted by atomic mass is 9.96. The maximum absolute atomic E-state index is 6.33. The standard InChI is InChI=1S/C19H21ClN2OS/c1-23-15-4-2-13-10-17(22-8-6-21-7-9-22)16-11-14(20)3-5-18(16)24-19(13)12-15/h2-5,11-12,17,21H,6-10H2,1H3. The molecule has 0 radical (unpaired) electrons. The van der Waals surface area contributed by atoms with E-state index in [-0.39, 0.29) is 0 Å². The number of rotatable bonds is 2. The van der Waals surface area contributed by atoms with Crippen molar-refractivity contribution >= 4 is 23.4 Å². The van der Waals surface area contributed by atoms with Crippen LogP contribution in [0, 0.1) is 0 Å². The third kappa shape index (κ3) is 3.16. The Morgan fingerprint density at radius 2 is 1.96 bits per heavy atom. The molecule has 1 unspecified atom stereocenters. The Morgan fingerprint density at radius 1 is 1.12 bits per heavy atom. The number of piperazine rings is 1. The van der Waals surface area contributed by atoms with Crippen LogP contribution in [0.15, 0.2) is 46.2 Å². The molecule has 0 aliphatic carbocycles. The summed E-state index contributed by atoms with van der Waals surface area (Å²) in [7, 11) is 1.72. The highest BCUT2D eigenvalue weighted by Crippen LogP contribution is 2.44. The largest absolute Gasteiger partial charge is 0.497 e. The predicted molar refractivity (Wildman–Crippen MR) is 99.5 cm³/mol. The molecule has 0 saturated carbocycles. The Kier molecular flexibility index (Phi) is 4.72. The fourth-order valence-electron chi connectivity index (χ4n) is 3.55. The SMILES string of the molecule is COc1ccc2c(c1)Sc1ccc(Cl)cc1C(N1CCNCC1)C2. The minimum atomic E-state index is 0.378. The molecule has 24 heavy (non-hydrogen) atoms. The van der Waals surface area contributed by atoms with Gasteiger partial charge in [0, 0.05) is 47.0 Å². The summed E-state index contributed by atoms with van der Waals surface area (Å²) in [5.41, 5.74) is 2.74. The molecule has 1 saturated heterocycles. The van der Waals surface area contributed by atoms with Crippen LogP contribution in [0.25, 0.3) is 0 Å². The van der Waals surface area contributed by atoms with Crippen LogP contribution in [0.5, 0.6) is 5.75 Å². The van der Waals surface area contributed by atoms with Crippen LogP contribution >= 0.6 is 23.4 Å². The Hall–Kier alpha value is -1.20. The van der Waals surface area contributed by atoms with Gasteiger partial charge in [-0.3, -0.25) is 4.90 Å². The minimum absolute atomic E-state index is 0.378. The lowest BCUT2D eigenvalue weighted by molar-refractivity contribution is 0.170. The van der Waals surface area contributed by atoms with Gasteiger partial charge >= 0.3 is 0 Å². The van der Waals surface area contributed by atoms with E-state index in [0.717, 1.165) is 43.4 Å². The van der Waals surface area contributed by atoms with E-state index in [4.69, 9.17) is 16.3 Å². The molecule has 0 bridgehead atoms. The molecule has 2 aliphatic heterocycles. The highest BCUT2D eigenvalue weighted by Gasteiger charge is 2.28. The molecule has 1 fully saturated rings. The molecule has 0 spiro atoms. The van der Waals surface area contributed by atoms with Crippen LogP contribution in [0.1, 0.15) is 17.2 Å². The summed E-state index contributed by atoms with van der Waals surface area (Å²) in [5, 5.41) is 4.27. The molecule has 2 aromatic carbocycles. The van der Waals surface area contributed by atoms with Gasteiger partial charge in [0.05, 0.1) is 7.11 Å². The van der Waals surface area contributed by atoms with E-state index >= 15 is 0 Å². The van der Waals surface area contributed by atoms with Crippen molar-refractivity contribution in [1.82, 2.24) is 10.2 Å². The molecular formula is C19H21ClN2OS. The van der Waals surface area contributed by atoms with Gasteiger partial charge in [0.15, 0.2) is 0 Å². The highest BCUT2D eigenvalue weighted by atomic mass is 35.5. The lowest BCUT2D eigenvalue weighted by Gasteiger charge is -2.35. The maximum Gasteiger partial charge on any atom is 0.120 e. The molecule has 2 aromatic rings. The summed E-state index contributed by atoms with van der Waals surface area (Å²) in [6.07, 6.45) is 1.01. The molecule has 0 amide bonds. The zero-order valence-electron chi connectivity index (χ0n) is 13.7. The van der Waals surface area contributed by atoms with E-state index in [2.05, 4.69) is 40.5 Å². The lowest BCUT2D eigenvalue weighted by Crippen LogP contribution is -2.45. The number of hydrogen-bond donors (Lipinski definition) is 1. The molecular weight excluding hydrogens is 340 g/mol. The van der Waals surface area contributed by atoms with Crippen LogP contribution in [0.3, 0.4) is 0 Å². The van der Waals surface area contributed by atoms with Crippen molar-refractivity contribution < 1.29 is 4.74 Å². The number of ether oxygens (including phenoxy) is 1. The summed E-state index contributed by atoms with van der Waals surface area (Å²) < 4.78 is 5.42. The van der Waals surface area contributed by atoms with E-state index in [9.17, 15) is 0 Å². The summed E-state index contributed by atoms with van der Waals surface area (Å²) in [5.74, 6) is 0.914. The third-order valence-electron chi connectivity index (χ3n) is 4.83. The molecule has 1 atom stereocenters. The van der Waals surface area contributed by atoms with Crippen molar-refractivity contribution in [2.75, 3.05) is 33.3 Å². The molecule has 1 N–H and O–H groups in total. The maximum atomic E-state index is 6.33. The van der Waals surface area contributed by atoms with E-state index < -0.39 is 0 Å². The number of nitrogens with one attached hydrogen (secondary N) is 1. The monoisotopic (exact) mass is 360 g/mol. The topological polar surface area (TPSA) is 24.5 Å². The van der Waals surface area contributed by atoms with Crippen molar-refractivity contribution in [2.24, 2.45) is 0 Å². The predicted octanol–water partition coefficient (Wildman–Crippen LogP) is 4.00. The first-order valence-corrected chi connectivity index (χ1v) is 9.53. The average Bonchev–Trinajstić information content (AvgIpc) is 2.78. The van der Waals surface area contributed by atoms with Crippen molar-refractivity contribution in [2.45, 2.75) is 22.3 Å². The van der Waals surface area contributed by atoms with Crippen LogP contribution in [-0.4, -0.2) is 38.2 Å². The molecule has 4 rings (SSSR count). The van der Waals surface area contributed by atoms with E-state index in [0.29, 0.717) is 6.04 Å². The summed E-state index contributed by atoms with van der Waals surface area (Å²) in [6, 6.07) is 13.1. The van der Waals surface area contributed by atoms with Gasteiger partial charge in [-0.2, -0.15) is 0 Å². The first kappa shape index (κ1) is 16.3. The fraction of sp³-hybridized carbons (Fsp3) is 0.368. The van der Waals surface area contributed by atoms with Crippen molar-refractivity contribution in [3.63, 3.8) is 0 Å². The van der Waals surface area contributed by atoms with Crippen molar-refractivity contribution in [3.8, 4) is 5.75 Å². The van der Waals surface area contributed by atoms with Gasteiger partial charge in [0.25, 0.3) is 0 Å². The van der Waals surface area contributed by atoms with Crippen LogP contribution in [0.4, 0.5) is 0 Å². The zero-order valence-corrected chi connectivity index (χ0v) is 15.3. The van der Waals surface area contributed by atoms with Crippen LogP contribution in [0.2, 0.25) is 5.02 Å². The number of benzene rings is 2. The van der Waals surface area contributed by atoms with E-state index in [1.165, 1.54) is 20.9 Å². The quantitative estimate of drug-likeness (QED) is 0.874. The smallest absolute Gasteiger partial charge is 0.120 e. The Morgan fingerprint density at radius 3 is 2.75 bits per heavy atom. The molecule has 3 nitrogen and oxygen atoms in total. The fourth-order valence-corrected chi connectivity index (χ4v) is 4.88. The normalized spacial score (nSPS) is 20.8. The molecule has 5 heteroatoms. The molecule has 0 aromatic heterocycles. The van der Waals surface area contributed by atoms with Gasteiger partial charge in [0.2, 0.25) is 0 Å². The summed E-state index contributed by atoms with van der Waals surface area (Å²) in [6.45, 7) is 4.25. The minimum Gasteiger partial charge on any atom is -0.497 e. The number of methoxy groups -OCH3 is 1. The van der Waals surface area contributed by atoms with Crippen molar-refractivity contribution in [3.05, 3.63) is 52.5 Å². The average molecular weight is 361 g/mol. The van der Waals surface area contributed by atoms with E-state index in [1.807, 2.05) is 17.8 Å². The zero-order chi connectivity index (χ0) is 16.5. The molecule has 2 heterocycles. The number of nitrogens with zero attached hydrogens (tertiary/aromatic N) is 1. The van der Waals surface area contributed by atoms with E-state index in [1.54, 1.807) is 7.11 Å². The Bertz CT molecular complexity index is 746. The van der Waals surface area contributed by atoms with Gasteiger partial charge in [0.1, 0.15) is 5.75 Å². The second kappa shape index (κ2) is 6.96. The third-order valence-corrected chi connectivity index (χ3v) is 6.26. The Balaban J connectivity index is 1.79. The van der Waals surface area contributed by atoms with Crippen molar-refractivity contribution in [1.29, 1.82) is 0 Å². The first-order chi connectivity index (χ1) is 11.7. The van der Waals surface area contributed by atoms with Gasteiger partial charge in [-0.05, 0) is 47.9 Å². The molecule has 2 aliphatic rings. The molecule has 126 valence electrons. The first-order valence-electron chi connectivity index (χ1n) is 8.33. The van der Waals surface area contributed by atoms with Crippen LogP contribution in [-0.2, 0) is 6.42 Å². The summed E-state index contributed by atoms with van der Waals surface area (Å²) >= 11 is 8.16. The number of fused-ring (bicyclic) bond motifs is 2. The number of halogens is 1. The summed E-state index contributed by atoms with van der Waals surface area (Å²) in [4.78, 5) is 5.18. The van der Waals surface area contributed by atoms with Gasteiger partial charge in [-0.25, -0.2) is 0 Å². The highest BCUT2D eigenvalue weighted by molar-refractivity contribution is 7.99. The second-order valence-electron chi connectivity index (χ2n) is 6.26.